The summed E-state index contributed by atoms with van der Waals surface area (Å²) in [6.45, 7) is 4.18. The van der Waals surface area contributed by atoms with Gasteiger partial charge in [0.15, 0.2) is 0 Å². The first-order valence-corrected chi connectivity index (χ1v) is 8.76. The van der Waals surface area contributed by atoms with Gasteiger partial charge in [-0.2, -0.15) is 4.39 Å². The lowest BCUT2D eigenvalue weighted by Crippen LogP contribution is -2.25. The Morgan fingerprint density at radius 2 is 1.48 bits per heavy atom. The van der Waals surface area contributed by atoms with Crippen LogP contribution in [0.2, 0.25) is 0 Å². The minimum absolute atomic E-state index is 0.282. The summed E-state index contributed by atoms with van der Waals surface area (Å²) in [6, 6.07) is 3.91. The molecule has 0 aromatic carbocycles. The summed E-state index contributed by atoms with van der Waals surface area (Å²) < 4.78 is 13.6. The largest absolute Gasteiger partial charge is 0.224 e. The van der Waals surface area contributed by atoms with Gasteiger partial charge in [0.2, 0.25) is 5.95 Å². The van der Waals surface area contributed by atoms with Crippen LogP contribution >= 0.6 is 0 Å². The number of hydrogen-bond acceptors (Lipinski definition) is 1. The highest BCUT2D eigenvalue weighted by Gasteiger charge is 2.30. The van der Waals surface area contributed by atoms with Crippen LogP contribution in [-0.2, 0) is 0 Å². The minimum Gasteiger partial charge on any atom is -0.224 e. The average Bonchev–Trinajstić information content (AvgIpc) is 2.51. The van der Waals surface area contributed by atoms with Gasteiger partial charge in [0, 0.05) is 17.2 Å². The van der Waals surface area contributed by atoms with Crippen LogP contribution in [0.5, 0.6) is 0 Å². The lowest BCUT2D eigenvalue weighted by molar-refractivity contribution is 0.164. The third kappa shape index (κ3) is 3.46. The van der Waals surface area contributed by atoms with Crippen LogP contribution in [0.4, 0.5) is 4.39 Å². The molecule has 2 saturated carbocycles. The maximum Gasteiger partial charge on any atom is 0.216 e. The normalized spacial score (nSPS) is 33.9. The lowest BCUT2D eigenvalue weighted by atomic mass is 9.69. The first-order chi connectivity index (χ1) is 10.1. The van der Waals surface area contributed by atoms with E-state index in [1.54, 1.807) is 6.92 Å². The van der Waals surface area contributed by atoms with Gasteiger partial charge in [-0.1, -0.05) is 25.8 Å². The van der Waals surface area contributed by atoms with E-state index >= 15 is 0 Å². The number of aromatic nitrogens is 1. The fourth-order valence-corrected chi connectivity index (χ4v) is 4.39. The van der Waals surface area contributed by atoms with Gasteiger partial charge < -0.3 is 0 Å². The van der Waals surface area contributed by atoms with Crippen molar-refractivity contribution >= 4 is 0 Å². The second-order valence-electron chi connectivity index (χ2n) is 7.48. The van der Waals surface area contributed by atoms with E-state index in [1.165, 1.54) is 51.4 Å². The van der Waals surface area contributed by atoms with Gasteiger partial charge in [0.25, 0.3) is 0 Å². The minimum atomic E-state index is -0.282. The van der Waals surface area contributed by atoms with Crippen LogP contribution in [0.1, 0.15) is 75.5 Å². The molecule has 1 aromatic heterocycles. The molecule has 1 aromatic rings. The van der Waals surface area contributed by atoms with Crippen molar-refractivity contribution in [3.8, 4) is 0 Å². The maximum absolute atomic E-state index is 13.6. The third-order valence-corrected chi connectivity index (χ3v) is 5.97. The van der Waals surface area contributed by atoms with Crippen molar-refractivity contribution in [1.82, 2.24) is 4.98 Å². The summed E-state index contributed by atoms with van der Waals surface area (Å²) in [5.74, 6) is 3.03. The summed E-state index contributed by atoms with van der Waals surface area (Å²) in [5, 5.41) is 0. The first-order valence-electron chi connectivity index (χ1n) is 8.76. The Bertz CT molecular complexity index is 468. The summed E-state index contributed by atoms with van der Waals surface area (Å²) in [7, 11) is 0. The SMILES string of the molecule is Cc1ccc(C2CCC(C3CCC(C)CC3)CC2)nc1F. The van der Waals surface area contributed by atoms with Crippen molar-refractivity contribution in [2.75, 3.05) is 0 Å². The molecular formula is C19H28FN. The van der Waals surface area contributed by atoms with Crippen LogP contribution in [0.15, 0.2) is 12.1 Å². The highest BCUT2D eigenvalue weighted by Crippen LogP contribution is 2.43. The quantitative estimate of drug-likeness (QED) is 0.643. The van der Waals surface area contributed by atoms with Crippen molar-refractivity contribution in [1.29, 1.82) is 0 Å². The van der Waals surface area contributed by atoms with Crippen LogP contribution in [-0.4, -0.2) is 4.98 Å². The van der Waals surface area contributed by atoms with Gasteiger partial charge in [-0.15, -0.1) is 0 Å². The Morgan fingerprint density at radius 1 is 0.905 bits per heavy atom. The van der Waals surface area contributed by atoms with E-state index in [-0.39, 0.29) is 5.95 Å². The zero-order valence-corrected chi connectivity index (χ0v) is 13.4. The molecule has 0 bridgehead atoms. The van der Waals surface area contributed by atoms with Gasteiger partial charge in [-0.25, -0.2) is 4.98 Å². The highest BCUT2D eigenvalue weighted by molar-refractivity contribution is 5.17. The molecule has 0 amide bonds. The first kappa shape index (κ1) is 15.0. The number of hydrogen-bond donors (Lipinski definition) is 0. The van der Waals surface area contributed by atoms with Crippen LogP contribution in [0.3, 0.4) is 0 Å². The zero-order valence-electron chi connectivity index (χ0n) is 13.4. The molecule has 116 valence electrons. The van der Waals surface area contributed by atoms with Crippen LogP contribution in [0.25, 0.3) is 0 Å². The molecule has 1 nitrogen and oxygen atoms in total. The molecule has 3 rings (SSSR count). The molecule has 0 spiro atoms. The predicted molar refractivity (Wildman–Crippen MR) is 84.8 cm³/mol. The standard InChI is InChI=1S/C19H28FN/c1-13-3-6-15(7-4-13)16-8-10-17(11-9-16)18-12-5-14(2)19(20)21-18/h5,12-13,15-17H,3-4,6-11H2,1-2H3. The van der Waals surface area contributed by atoms with Gasteiger partial charge in [0.05, 0.1) is 0 Å². The van der Waals surface area contributed by atoms with Crippen LogP contribution in [0, 0.1) is 30.6 Å². The van der Waals surface area contributed by atoms with E-state index in [0.717, 1.165) is 23.4 Å². The molecule has 2 fully saturated rings. The average molecular weight is 289 g/mol. The van der Waals surface area contributed by atoms with E-state index in [2.05, 4.69) is 11.9 Å². The molecule has 0 unspecified atom stereocenters. The molecule has 0 aliphatic heterocycles. The maximum atomic E-state index is 13.6. The van der Waals surface area contributed by atoms with Crippen LogP contribution < -0.4 is 0 Å². The molecule has 2 aliphatic rings. The van der Waals surface area contributed by atoms with Gasteiger partial charge in [-0.3, -0.25) is 0 Å². The Labute approximate surface area is 128 Å². The van der Waals surface area contributed by atoms with E-state index < -0.39 is 0 Å². The lowest BCUT2D eigenvalue weighted by Gasteiger charge is -2.37. The molecule has 0 N–H and O–H groups in total. The second-order valence-corrected chi connectivity index (χ2v) is 7.48. The molecule has 0 radical (unpaired) electrons. The van der Waals surface area contributed by atoms with E-state index in [0.29, 0.717) is 11.5 Å². The van der Waals surface area contributed by atoms with Crippen molar-refractivity contribution in [3.05, 3.63) is 29.3 Å². The van der Waals surface area contributed by atoms with E-state index in [1.807, 2.05) is 12.1 Å². The monoisotopic (exact) mass is 289 g/mol. The smallest absolute Gasteiger partial charge is 0.216 e. The molecule has 1 heterocycles. The second kappa shape index (κ2) is 6.46. The summed E-state index contributed by atoms with van der Waals surface area (Å²) in [4.78, 5) is 4.18. The molecule has 21 heavy (non-hydrogen) atoms. The van der Waals surface area contributed by atoms with Gasteiger partial charge in [0.1, 0.15) is 0 Å². The van der Waals surface area contributed by atoms with Crippen molar-refractivity contribution in [2.45, 2.75) is 71.1 Å². The van der Waals surface area contributed by atoms with E-state index in [9.17, 15) is 4.39 Å². The molecule has 0 saturated heterocycles. The molecule has 2 aliphatic carbocycles. The van der Waals surface area contributed by atoms with Crippen molar-refractivity contribution < 1.29 is 4.39 Å². The number of pyridine rings is 1. The number of halogens is 1. The Kier molecular flexibility index (Phi) is 4.61. The fraction of sp³-hybridized carbons (Fsp3) is 0.737. The number of nitrogens with zero attached hydrogens (tertiary/aromatic N) is 1. The fourth-order valence-electron chi connectivity index (χ4n) is 4.39. The van der Waals surface area contributed by atoms with Crippen molar-refractivity contribution in [3.63, 3.8) is 0 Å². The van der Waals surface area contributed by atoms with Gasteiger partial charge >= 0.3 is 0 Å². The van der Waals surface area contributed by atoms with Crippen molar-refractivity contribution in [2.24, 2.45) is 17.8 Å². The Hall–Kier alpha value is -0.920. The van der Waals surface area contributed by atoms with Gasteiger partial charge in [-0.05, 0) is 69.3 Å². The predicted octanol–water partition coefficient (Wildman–Crippen LogP) is 5.63. The molecule has 0 atom stereocenters. The zero-order chi connectivity index (χ0) is 14.8. The Morgan fingerprint density at radius 3 is 2.05 bits per heavy atom. The number of aryl methyl sites for hydroxylation is 1. The Balaban J connectivity index is 1.56. The third-order valence-electron chi connectivity index (χ3n) is 5.97. The molecule has 2 heteroatoms. The highest BCUT2D eigenvalue weighted by atomic mass is 19.1. The number of rotatable bonds is 2. The topological polar surface area (TPSA) is 12.9 Å². The summed E-state index contributed by atoms with van der Waals surface area (Å²) >= 11 is 0. The summed E-state index contributed by atoms with van der Waals surface area (Å²) in [5.41, 5.74) is 1.64. The molecular weight excluding hydrogens is 261 g/mol. The summed E-state index contributed by atoms with van der Waals surface area (Å²) in [6.07, 6.45) is 10.8. The van der Waals surface area contributed by atoms with E-state index in [4.69, 9.17) is 0 Å².